The molecule has 3 aliphatic rings. The smallest absolute Gasteiger partial charge is 0.0169 e. The van der Waals surface area contributed by atoms with Gasteiger partial charge in [0.1, 0.15) is 0 Å². The molecule has 0 aliphatic heterocycles. The van der Waals surface area contributed by atoms with E-state index in [0.29, 0.717) is 0 Å². The molecule has 0 heterocycles. The topological polar surface area (TPSA) is 0 Å². The molecule has 1 atom stereocenters. The van der Waals surface area contributed by atoms with Gasteiger partial charge in [0, 0.05) is 0 Å². The van der Waals surface area contributed by atoms with E-state index in [-0.39, 0.29) is 0 Å². The Balaban J connectivity index is 1.78. The van der Waals surface area contributed by atoms with Gasteiger partial charge >= 0.3 is 0 Å². The molecule has 0 aromatic heterocycles. The van der Waals surface area contributed by atoms with Crippen LogP contribution in [0.2, 0.25) is 0 Å². The van der Waals surface area contributed by atoms with Crippen molar-refractivity contribution in [2.45, 2.75) is 51.9 Å². The van der Waals surface area contributed by atoms with Gasteiger partial charge in [-0.3, -0.25) is 0 Å². The van der Waals surface area contributed by atoms with Crippen LogP contribution in [0.4, 0.5) is 0 Å². The number of rotatable bonds is 4. The first kappa shape index (κ1) is 10.3. The van der Waals surface area contributed by atoms with E-state index < -0.39 is 0 Å². The normalized spacial score (nSPS) is 32.9. The van der Waals surface area contributed by atoms with Crippen LogP contribution in [0.3, 0.4) is 0 Å². The quantitative estimate of drug-likeness (QED) is 0.457. The third-order valence-electron chi connectivity index (χ3n) is 3.82. The largest absolute Gasteiger partial charge is 0.0880 e. The minimum atomic E-state index is 0.854. The van der Waals surface area contributed by atoms with E-state index in [4.69, 9.17) is 0 Å². The summed E-state index contributed by atoms with van der Waals surface area (Å²) in [4.78, 5) is 0. The van der Waals surface area contributed by atoms with E-state index in [9.17, 15) is 0 Å². The molecule has 0 aromatic rings. The molecule has 3 aliphatic carbocycles. The Bertz CT molecular complexity index is 184. The maximum Gasteiger partial charge on any atom is -0.0169 e. The van der Waals surface area contributed by atoms with Gasteiger partial charge in [-0.05, 0) is 62.7 Å². The van der Waals surface area contributed by atoms with E-state index in [0.717, 1.165) is 11.8 Å². The second-order valence-electron chi connectivity index (χ2n) is 4.80. The van der Waals surface area contributed by atoms with Crippen LogP contribution in [-0.4, -0.2) is 0 Å². The second-order valence-corrected chi connectivity index (χ2v) is 4.80. The van der Waals surface area contributed by atoms with Crippen LogP contribution >= 0.6 is 0 Å². The van der Waals surface area contributed by atoms with E-state index in [1.807, 2.05) is 5.92 Å². The van der Waals surface area contributed by atoms with Crippen molar-refractivity contribution in [1.29, 1.82) is 0 Å². The summed E-state index contributed by atoms with van der Waals surface area (Å²) in [6.07, 6.45) is 16.9. The Kier molecular flexibility index (Phi) is 3.67. The number of unbranched alkanes of at least 4 members (excludes halogenated alkanes) is 2. The first-order valence-corrected chi connectivity index (χ1v) is 6.23. The zero-order valence-electron chi connectivity index (χ0n) is 9.34. The summed E-state index contributed by atoms with van der Waals surface area (Å²) in [5, 5.41) is 0. The van der Waals surface area contributed by atoms with Gasteiger partial charge in [-0.25, -0.2) is 0 Å². The van der Waals surface area contributed by atoms with Gasteiger partial charge < -0.3 is 0 Å². The molecule has 2 radical (unpaired) electrons. The first-order valence-electron chi connectivity index (χ1n) is 6.23. The Morgan fingerprint density at radius 3 is 2.64 bits per heavy atom. The Labute approximate surface area is 88.8 Å². The molecule has 3 saturated carbocycles. The molecule has 0 saturated heterocycles. The monoisotopic (exact) mass is 190 g/mol. The Hall–Kier alpha value is -0.260. The molecular formula is C14H22. The molecule has 1 unspecified atom stereocenters. The molecule has 3 rings (SSSR count). The molecular weight excluding hydrogens is 168 g/mol. The molecule has 14 heavy (non-hydrogen) atoms. The fourth-order valence-electron chi connectivity index (χ4n) is 2.90. The summed E-state index contributed by atoms with van der Waals surface area (Å²) < 4.78 is 0. The van der Waals surface area contributed by atoms with Crippen LogP contribution in [-0.2, 0) is 0 Å². The first-order chi connectivity index (χ1) is 6.90. The highest BCUT2D eigenvalue weighted by Crippen LogP contribution is 2.46. The van der Waals surface area contributed by atoms with E-state index >= 15 is 0 Å². The zero-order chi connectivity index (χ0) is 9.80. The average Bonchev–Trinajstić information content (AvgIpc) is 2.26. The van der Waals surface area contributed by atoms with Gasteiger partial charge in [0.25, 0.3) is 0 Å². The van der Waals surface area contributed by atoms with Crippen LogP contribution in [0.1, 0.15) is 51.9 Å². The van der Waals surface area contributed by atoms with Crippen molar-refractivity contribution in [2.24, 2.45) is 11.8 Å². The van der Waals surface area contributed by atoms with Crippen molar-refractivity contribution in [1.82, 2.24) is 0 Å². The van der Waals surface area contributed by atoms with Gasteiger partial charge in [-0.1, -0.05) is 25.5 Å². The summed E-state index contributed by atoms with van der Waals surface area (Å²) in [6.45, 7) is 2.21. The van der Waals surface area contributed by atoms with Crippen molar-refractivity contribution in [3.8, 4) is 0 Å². The molecule has 2 bridgehead atoms. The molecule has 0 N–H and O–H groups in total. The lowest BCUT2D eigenvalue weighted by Crippen LogP contribution is -2.28. The van der Waals surface area contributed by atoms with Crippen LogP contribution in [0, 0.1) is 24.2 Å². The Morgan fingerprint density at radius 1 is 1.29 bits per heavy atom. The van der Waals surface area contributed by atoms with Crippen LogP contribution in [0.5, 0.6) is 0 Å². The van der Waals surface area contributed by atoms with E-state index in [2.05, 4.69) is 25.5 Å². The van der Waals surface area contributed by atoms with Crippen molar-refractivity contribution in [3.63, 3.8) is 0 Å². The average molecular weight is 190 g/mol. The fraction of sp³-hybridized carbons (Fsp3) is 0.714. The van der Waals surface area contributed by atoms with Crippen LogP contribution in [0.15, 0.2) is 12.2 Å². The third kappa shape index (κ3) is 2.40. The summed E-state index contributed by atoms with van der Waals surface area (Å²) >= 11 is 0. The minimum absolute atomic E-state index is 0.854. The molecule has 3 fully saturated rings. The molecule has 0 amide bonds. The van der Waals surface area contributed by atoms with E-state index in [1.54, 1.807) is 0 Å². The summed E-state index contributed by atoms with van der Waals surface area (Å²) in [7, 11) is 0. The summed E-state index contributed by atoms with van der Waals surface area (Å²) in [5.74, 6) is 3.75. The van der Waals surface area contributed by atoms with Gasteiger partial charge in [-0.2, -0.15) is 0 Å². The molecule has 0 nitrogen and oxygen atoms in total. The lowest BCUT2D eigenvalue weighted by molar-refractivity contribution is 0.239. The molecule has 0 spiro atoms. The van der Waals surface area contributed by atoms with Gasteiger partial charge in [0.2, 0.25) is 0 Å². The standard InChI is InChI=1S/C14H22/c1-2-3-4-5-6-14-11-12-7-9-13(14)10-8-12/h3,5-6,12,14H,2,4,7-11H2,1H3. The van der Waals surface area contributed by atoms with Crippen molar-refractivity contribution in [3.05, 3.63) is 24.5 Å². The number of hydrogen-bond donors (Lipinski definition) is 0. The maximum absolute atomic E-state index is 2.48. The maximum atomic E-state index is 2.48. The van der Waals surface area contributed by atoms with Crippen molar-refractivity contribution in [2.75, 3.05) is 0 Å². The lowest BCUT2D eigenvalue weighted by Gasteiger charge is -2.40. The molecule has 0 aromatic carbocycles. The Morgan fingerprint density at radius 2 is 2.07 bits per heavy atom. The van der Waals surface area contributed by atoms with Gasteiger partial charge in [-0.15, -0.1) is 0 Å². The fourth-order valence-corrected chi connectivity index (χ4v) is 2.90. The van der Waals surface area contributed by atoms with Crippen LogP contribution < -0.4 is 0 Å². The van der Waals surface area contributed by atoms with Crippen molar-refractivity contribution >= 4 is 0 Å². The highest BCUT2D eigenvalue weighted by Gasteiger charge is 2.34. The predicted molar refractivity (Wildman–Crippen MR) is 61.7 cm³/mol. The predicted octanol–water partition coefficient (Wildman–Crippen LogP) is 4.33. The highest BCUT2D eigenvalue weighted by molar-refractivity contribution is 5.13. The molecule has 78 valence electrons. The number of hydrogen-bond acceptors (Lipinski definition) is 0. The number of fused-ring (bicyclic) bond motifs is 3. The third-order valence-corrected chi connectivity index (χ3v) is 3.82. The lowest BCUT2D eigenvalue weighted by atomic mass is 9.65. The van der Waals surface area contributed by atoms with E-state index in [1.165, 1.54) is 44.9 Å². The number of allylic oxidation sites excluding steroid dienone is 2. The SMILES string of the molecule is CC[CH]CC=CC1CC2CC[C]1CC2. The minimum Gasteiger partial charge on any atom is -0.0880 e. The van der Waals surface area contributed by atoms with Gasteiger partial charge in [0.05, 0.1) is 0 Å². The molecule has 0 heteroatoms. The van der Waals surface area contributed by atoms with Crippen molar-refractivity contribution < 1.29 is 0 Å². The zero-order valence-corrected chi connectivity index (χ0v) is 9.34. The highest BCUT2D eigenvalue weighted by atomic mass is 14.4. The van der Waals surface area contributed by atoms with Crippen LogP contribution in [0.25, 0.3) is 0 Å². The summed E-state index contributed by atoms with van der Waals surface area (Å²) in [6, 6.07) is 0. The summed E-state index contributed by atoms with van der Waals surface area (Å²) in [5.41, 5.74) is 0. The van der Waals surface area contributed by atoms with Gasteiger partial charge in [0.15, 0.2) is 0 Å². The second kappa shape index (κ2) is 5.00.